The number of nitrogens with one attached hydrogen (secondary N) is 1. The molecule has 1 aromatic carbocycles. The summed E-state index contributed by atoms with van der Waals surface area (Å²) in [6, 6.07) is 9.47. The molecular formula is C19H22ClN7S. The minimum atomic E-state index is 0.696. The Bertz CT molecular complexity index is 881. The van der Waals surface area contributed by atoms with Gasteiger partial charge in [-0.05, 0) is 31.2 Å². The van der Waals surface area contributed by atoms with Gasteiger partial charge in [-0.1, -0.05) is 35.5 Å². The molecule has 1 fully saturated rings. The SMILES string of the molecule is Clc1cccc(-c2nc(SCCCN3CCN(c4ncccn4)CC3)n[nH]2)c1. The molecule has 7 nitrogen and oxygen atoms in total. The van der Waals surface area contributed by atoms with Crippen LogP contribution in [0.3, 0.4) is 0 Å². The van der Waals surface area contributed by atoms with Crippen molar-refractivity contribution in [2.24, 2.45) is 0 Å². The van der Waals surface area contributed by atoms with Crippen LogP contribution in [0.15, 0.2) is 47.9 Å². The Kier molecular flexibility index (Phi) is 6.41. The summed E-state index contributed by atoms with van der Waals surface area (Å²) in [5.74, 6) is 2.58. The summed E-state index contributed by atoms with van der Waals surface area (Å²) in [4.78, 5) is 18.0. The quantitative estimate of drug-likeness (QED) is 0.469. The highest BCUT2D eigenvalue weighted by Gasteiger charge is 2.18. The zero-order chi connectivity index (χ0) is 19.2. The van der Waals surface area contributed by atoms with E-state index in [1.165, 1.54) is 0 Å². The number of piperazine rings is 1. The second kappa shape index (κ2) is 9.36. The molecule has 4 rings (SSSR count). The van der Waals surface area contributed by atoms with Crippen LogP contribution >= 0.6 is 23.4 Å². The number of aromatic nitrogens is 5. The van der Waals surface area contributed by atoms with Gasteiger partial charge in [-0.15, -0.1) is 5.10 Å². The van der Waals surface area contributed by atoms with E-state index in [0.29, 0.717) is 5.02 Å². The molecule has 0 aliphatic carbocycles. The first kappa shape index (κ1) is 19.2. The zero-order valence-electron chi connectivity index (χ0n) is 15.5. The first-order valence-electron chi connectivity index (χ1n) is 9.33. The number of benzene rings is 1. The van der Waals surface area contributed by atoms with Crippen molar-refractivity contribution in [2.45, 2.75) is 11.6 Å². The van der Waals surface area contributed by atoms with Gasteiger partial charge in [0, 0.05) is 54.9 Å². The maximum atomic E-state index is 6.04. The molecule has 146 valence electrons. The van der Waals surface area contributed by atoms with Gasteiger partial charge in [0.05, 0.1) is 0 Å². The van der Waals surface area contributed by atoms with E-state index in [2.05, 4.69) is 34.9 Å². The minimum absolute atomic E-state index is 0.696. The maximum absolute atomic E-state index is 6.04. The molecule has 0 unspecified atom stereocenters. The molecule has 3 aromatic rings. The van der Waals surface area contributed by atoms with Crippen LogP contribution in [0.1, 0.15) is 6.42 Å². The van der Waals surface area contributed by atoms with Crippen LogP contribution in [-0.4, -0.2) is 68.5 Å². The van der Waals surface area contributed by atoms with Gasteiger partial charge in [0.1, 0.15) is 0 Å². The number of rotatable bonds is 7. The third kappa shape index (κ3) is 5.01. The molecule has 0 radical (unpaired) electrons. The molecule has 28 heavy (non-hydrogen) atoms. The van der Waals surface area contributed by atoms with Gasteiger partial charge in [0.2, 0.25) is 11.1 Å². The van der Waals surface area contributed by atoms with Crippen LogP contribution in [0.25, 0.3) is 11.4 Å². The summed E-state index contributed by atoms with van der Waals surface area (Å²) < 4.78 is 0. The summed E-state index contributed by atoms with van der Waals surface area (Å²) in [6.07, 6.45) is 4.70. The molecule has 3 heterocycles. The van der Waals surface area contributed by atoms with E-state index in [0.717, 1.165) is 67.4 Å². The number of halogens is 1. The number of anilines is 1. The van der Waals surface area contributed by atoms with Crippen LogP contribution in [-0.2, 0) is 0 Å². The smallest absolute Gasteiger partial charge is 0.225 e. The number of H-pyrrole nitrogens is 1. The van der Waals surface area contributed by atoms with Crippen LogP contribution in [0, 0.1) is 0 Å². The van der Waals surface area contributed by atoms with E-state index in [1.54, 1.807) is 24.2 Å². The predicted octanol–water partition coefficient (Wildman–Crippen LogP) is 3.22. The fraction of sp³-hybridized carbons (Fsp3) is 0.368. The van der Waals surface area contributed by atoms with Gasteiger partial charge in [-0.2, -0.15) is 0 Å². The van der Waals surface area contributed by atoms with Gasteiger partial charge in [0.25, 0.3) is 0 Å². The lowest BCUT2D eigenvalue weighted by molar-refractivity contribution is 0.258. The van der Waals surface area contributed by atoms with Crippen LogP contribution in [0.4, 0.5) is 5.95 Å². The van der Waals surface area contributed by atoms with E-state index in [-0.39, 0.29) is 0 Å². The topological polar surface area (TPSA) is 73.8 Å². The van der Waals surface area contributed by atoms with Gasteiger partial charge in [-0.25, -0.2) is 15.0 Å². The minimum Gasteiger partial charge on any atom is -0.338 e. The lowest BCUT2D eigenvalue weighted by atomic mass is 10.2. The largest absolute Gasteiger partial charge is 0.338 e. The summed E-state index contributed by atoms with van der Waals surface area (Å²) in [7, 11) is 0. The lowest BCUT2D eigenvalue weighted by Crippen LogP contribution is -2.47. The molecule has 1 saturated heterocycles. The molecule has 9 heteroatoms. The Labute approximate surface area is 173 Å². The van der Waals surface area contributed by atoms with E-state index < -0.39 is 0 Å². The summed E-state index contributed by atoms with van der Waals surface area (Å²) >= 11 is 7.72. The molecule has 0 amide bonds. The molecule has 1 aliphatic heterocycles. The Hall–Kier alpha value is -2.16. The Morgan fingerprint density at radius 3 is 2.68 bits per heavy atom. The molecule has 1 N–H and O–H groups in total. The maximum Gasteiger partial charge on any atom is 0.225 e. The van der Waals surface area contributed by atoms with Crippen molar-refractivity contribution in [2.75, 3.05) is 43.4 Å². The van der Waals surface area contributed by atoms with Gasteiger partial charge in [-0.3, -0.25) is 10.00 Å². The monoisotopic (exact) mass is 415 g/mol. The fourth-order valence-corrected chi connectivity index (χ4v) is 4.07. The fourth-order valence-electron chi connectivity index (χ4n) is 3.15. The number of hydrogen-bond donors (Lipinski definition) is 1. The molecule has 1 aliphatic rings. The first-order chi connectivity index (χ1) is 13.8. The number of aromatic amines is 1. The predicted molar refractivity (Wildman–Crippen MR) is 113 cm³/mol. The Morgan fingerprint density at radius 2 is 1.89 bits per heavy atom. The molecule has 0 atom stereocenters. The van der Waals surface area contributed by atoms with E-state index in [9.17, 15) is 0 Å². The normalized spacial score (nSPS) is 15.1. The van der Waals surface area contributed by atoms with Gasteiger partial charge < -0.3 is 4.90 Å². The summed E-state index contributed by atoms with van der Waals surface area (Å²) in [6.45, 7) is 5.12. The van der Waals surface area contributed by atoms with Crippen molar-refractivity contribution in [3.8, 4) is 11.4 Å². The van der Waals surface area contributed by atoms with Crippen molar-refractivity contribution in [3.05, 3.63) is 47.7 Å². The molecule has 2 aromatic heterocycles. The lowest BCUT2D eigenvalue weighted by Gasteiger charge is -2.34. The zero-order valence-corrected chi connectivity index (χ0v) is 17.0. The standard InChI is InChI=1S/C19H22ClN7S/c20-16-5-1-4-15(14-16)17-23-19(25-24-17)28-13-3-8-26-9-11-27(12-10-26)18-21-6-2-7-22-18/h1-2,4-7,14H,3,8-13H2,(H,23,24,25). The van der Waals surface area contributed by atoms with E-state index >= 15 is 0 Å². The second-order valence-electron chi connectivity index (χ2n) is 6.56. The van der Waals surface area contributed by atoms with Gasteiger partial charge in [0.15, 0.2) is 5.82 Å². The van der Waals surface area contributed by atoms with E-state index in [4.69, 9.17) is 11.6 Å². The number of thioether (sulfide) groups is 1. The Balaban J connectivity index is 1.18. The first-order valence-corrected chi connectivity index (χ1v) is 10.7. The van der Waals surface area contributed by atoms with Crippen molar-refractivity contribution >= 4 is 29.3 Å². The molecular weight excluding hydrogens is 394 g/mol. The van der Waals surface area contributed by atoms with Crippen LogP contribution < -0.4 is 4.90 Å². The molecule has 0 spiro atoms. The average Bonchev–Trinajstić information content (AvgIpc) is 3.21. The summed E-state index contributed by atoms with van der Waals surface area (Å²) in [5, 5.41) is 8.77. The number of hydrogen-bond acceptors (Lipinski definition) is 7. The third-order valence-corrected chi connectivity index (χ3v) is 5.79. The Morgan fingerprint density at radius 1 is 1.07 bits per heavy atom. The van der Waals surface area contributed by atoms with Crippen molar-refractivity contribution in [3.63, 3.8) is 0 Å². The van der Waals surface area contributed by atoms with Crippen molar-refractivity contribution in [1.29, 1.82) is 0 Å². The third-order valence-electron chi connectivity index (χ3n) is 4.62. The highest BCUT2D eigenvalue weighted by atomic mass is 35.5. The molecule has 0 bridgehead atoms. The van der Waals surface area contributed by atoms with E-state index in [1.807, 2.05) is 30.3 Å². The average molecular weight is 416 g/mol. The van der Waals surface area contributed by atoms with Crippen LogP contribution in [0.5, 0.6) is 0 Å². The van der Waals surface area contributed by atoms with Crippen molar-refractivity contribution in [1.82, 2.24) is 30.0 Å². The number of nitrogens with zero attached hydrogens (tertiary/aromatic N) is 6. The highest BCUT2D eigenvalue weighted by Crippen LogP contribution is 2.22. The van der Waals surface area contributed by atoms with Crippen LogP contribution in [0.2, 0.25) is 5.02 Å². The van der Waals surface area contributed by atoms with Gasteiger partial charge >= 0.3 is 0 Å². The second-order valence-corrected chi connectivity index (χ2v) is 8.05. The molecule has 0 saturated carbocycles. The highest BCUT2D eigenvalue weighted by molar-refractivity contribution is 7.99. The van der Waals surface area contributed by atoms with Crippen molar-refractivity contribution < 1.29 is 0 Å². The summed E-state index contributed by atoms with van der Waals surface area (Å²) in [5.41, 5.74) is 0.951.